The van der Waals surface area contributed by atoms with E-state index >= 15 is 0 Å². The minimum atomic E-state index is -0.673. The fourth-order valence-corrected chi connectivity index (χ4v) is 3.43. The Balaban J connectivity index is 1.80. The van der Waals surface area contributed by atoms with Gasteiger partial charge < -0.3 is 15.4 Å². The van der Waals surface area contributed by atoms with Gasteiger partial charge in [0.1, 0.15) is 11.4 Å². The normalized spacial score (nSPS) is 13.2. The van der Waals surface area contributed by atoms with Gasteiger partial charge in [0.2, 0.25) is 0 Å². The van der Waals surface area contributed by atoms with Crippen LogP contribution in [0, 0.1) is 0 Å². The largest absolute Gasteiger partial charge is 0.497 e. The van der Waals surface area contributed by atoms with Gasteiger partial charge in [-0.15, -0.1) is 0 Å². The number of amides is 2. The van der Waals surface area contributed by atoms with E-state index in [1.165, 1.54) is 4.68 Å². The SMILES string of the molecule is COc1ccc(-n2nc(C(N)=O)c3c2C(=O)N(c2ccc(NO)cc2)CC3)cc1. The number of ether oxygens (including phenoxy) is 1. The third kappa shape index (κ3) is 3.17. The Labute approximate surface area is 166 Å². The molecule has 0 fully saturated rings. The quantitative estimate of drug-likeness (QED) is 0.570. The van der Waals surface area contributed by atoms with Crippen LogP contribution in [-0.4, -0.2) is 40.5 Å². The number of anilines is 2. The number of benzene rings is 2. The third-order valence-electron chi connectivity index (χ3n) is 4.88. The lowest BCUT2D eigenvalue weighted by Gasteiger charge is -2.27. The Bertz CT molecular complexity index is 1070. The van der Waals surface area contributed by atoms with Crippen LogP contribution in [0.5, 0.6) is 5.75 Å². The first-order chi connectivity index (χ1) is 14.0. The molecule has 0 radical (unpaired) electrons. The van der Waals surface area contributed by atoms with Crippen LogP contribution < -0.4 is 20.9 Å². The third-order valence-corrected chi connectivity index (χ3v) is 4.88. The number of nitrogens with two attached hydrogens (primary N) is 1. The summed E-state index contributed by atoms with van der Waals surface area (Å²) in [6, 6.07) is 13.8. The van der Waals surface area contributed by atoms with Crippen LogP contribution in [0.2, 0.25) is 0 Å². The predicted octanol–water partition coefficient (Wildman–Crippen LogP) is 1.98. The molecule has 2 amide bonds. The van der Waals surface area contributed by atoms with Crippen LogP contribution in [0.3, 0.4) is 0 Å². The molecule has 2 aromatic carbocycles. The maximum atomic E-state index is 13.3. The number of hydrogen-bond acceptors (Lipinski definition) is 6. The van der Waals surface area contributed by atoms with Crippen molar-refractivity contribution in [3.05, 3.63) is 65.5 Å². The first-order valence-electron chi connectivity index (χ1n) is 8.91. The molecule has 1 aliphatic rings. The summed E-state index contributed by atoms with van der Waals surface area (Å²) in [5.74, 6) is -0.296. The zero-order chi connectivity index (χ0) is 20.5. The molecule has 9 heteroatoms. The van der Waals surface area contributed by atoms with Gasteiger partial charge in [0, 0.05) is 17.8 Å². The molecule has 0 saturated heterocycles. The number of nitrogens with zero attached hydrogens (tertiary/aromatic N) is 3. The number of nitrogens with one attached hydrogen (secondary N) is 1. The molecule has 9 nitrogen and oxygen atoms in total. The van der Waals surface area contributed by atoms with Gasteiger partial charge in [-0.25, -0.2) is 4.68 Å². The summed E-state index contributed by atoms with van der Waals surface area (Å²) in [5.41, 5.74) is 10.3. The van der Waals surface area contributed by atoms with Gasteiger partial charge in [0.05, 0.1) is 18.5 Å². The maximum Gasteiger partial charge on any atom is 0.277 e. The number of primary amides is 1. The second kappa shape index (κ2) is 7.28. The van der Waals surface area contributed by atoms with Gasteiger partial charge in [-0.05, 0) is 55.0 Å². The van der Waals surface area contributed by atoms with Crippen molar-refractivity contribution in [1.29, 1.82) is 0 Å². The molecule has 0 spiro atoms. The average molecular weight is 393 g/mol. The molecule has 29 heavy (non-hydrogen) atoms. The van der Waals surface area contributed by atoms with E-state index in [1.807, 2.05) is 0 Å². The molecular weight excluding hydrogens is 374 g/mol. The molecule has 2 heterocycles. The monoisotopic (exact) mass is 393 g/mol. The lowest BCUT2D eigenvalue weighted by molar-refractivity contribution is 0.0972. The second-order valence-corrected chi connectivity index (χ2v) is 6.52. The fraction of sp³-hybridized carbons (Fsp3) is 0.150. The highest BCUT2D eigenvalue weighted by Crippen LogP contribution is 2.29. The minimum Gasteiger partial charge on any atom is -0.497 e. The van der Waals surface area contributed by atoms with Gasteiger partial charge in [-0.2, -0.15) is 5.10 Å². The summed E-state index contributed by atoms with van der Waals surface area (Å²) >= 11 is 0. The summed E-state index contributed by atoms with van der Waals surface area (Å²) in [7, 11) is 1.56. The Morgan fingerprint density at radius 2 is 1.79 bits per heavy atom. The van der Waals surface area contributed by atoms with Gasteiger partial charge in [0.15, 0.2) is 5.69 Å². The molecule has 0 unspecified atom stereocenters. The van der Waals surface area contributed by atoms with Crippen molar-refractivity contribution in [3.8, 4) is 11.4 Å². The molecule has 1 aromatic heterocycles. The van der Waals surface area contributed by atoms with Crippen LogP contribution in [0.4, 0.5) is 11.4 Å². The Kier molecular flexibility index (Phi) is 4.65. The predicted molar refractivity (Wildman–Crippen MR) is 106 cm³/mol. The molecule has 4 rings (SSSR count). The number of aromatic nitrogens is 2. The van der Waals surface area contributed by atoms with E-state index in [-0.39, 0.29) is 11.6 Å². The van der Waals surface area contributed by atoms with E-state index < -0.39 is 5.91 Å². The minimum absolute atomic E-state index is 0.101. The Morgan fingerprint density at radius 3 is 2.38 bits per heavy atom. The summed E-state index contributed by atoms with van der Waals surface area (Å²) in [5, 5.41) is 13.3. The van der Waals surface area contributed by atoms with Crippen molar-refractivity contribution in [2.45, 2.75) is 6.42 Å². The van der Waals surface area contributed by atoms with Gasteiger partial charge in [0.25, 0.3) is 11.8 Å². The molecule has 0 saturated carbocycles. The Morgan fingerprint density at radius 1 is 1.14 bits per heavy atom. The molecule has 0 atom stereocenters. The lowest BCUT2D eigenvalue weighted by Crippen LogP contribution is -2.39. The molecule has 0 aliphatic carbocycles. The van der Waals surface area contributed by atoms with Gasteiger partial charge >= 0.3 is 0 Å². The molecule has 4 N–H and O–H groups in total. The summed E-state index contributed by atoms with van der Waals surface area (Å²) in [6.07, 6.45) is 0.440. The maximum absolute atomic E-state index is 13.3. The van der Waals surface area contributed by atoms with E-state index in [9.17, 15) is 9.59 Å². The summed E-state index contributed by atoms with van der Waals surface area (Å²) < 4.78 is 6.63. The van der Waals surface area contributed by atoms with Crippen LogP contribution in [0.15, 0.2) is 48.5 Å². The van der Waals surface area contributed by atoms with Crippen LogP contribution in [0.1, 0.15) is 26.5 Å². The van der Waals surface area contributed by atoms with Gasteiger partial charge in [-0.3, -0.25) is 20.3 Å². The summed E-state index contributed by atoms with van der Waals surface area (Å²) in [6.45, 7) is 0.381. The first kappa shape index (κ1) is 18.5. The van der Waals surface area contributed by atoms with Crippen molar-refractivity contribution < 1.29 is 19.5 Å². The van der Waals surface area contributed by atoms with Crippen molar-refractivity contribution in [2.75, 3.05) is 24.0 Å². The zero-order valence-electron chi connectivity index (χ0n) is 15.6. The molecule has 1 aliphatic heterocycles. The highest BCUT2D eigenvalue weighted by molar-refractivity contribution is 6.09. The molecule has 0 bridgehead atoms. The first-order valence-corrected chi connectivity index (χ1v) is 8.91. The Hall–Kier alpha value is -3.85. The topological polar surface area (TPSA) is 123 Å². The van der Waals surface area contributed by atoms with Crippen molar-refractivity contribution in [3.63, 3.8) is 0 Å². The smallest absolute Gasteiger partial charge is 0.277 e. The van der Waals surface area contributed by atoms with Gasteiger partial charge in [-0.1, -0.05) is 0 Å². The van der Waals surface area contributed by atoms with Crippen LogP contribution >= 0.6 is 0 Å². The number of fused-ring (bicyclic) bond motifs is 1. The number of methoxy groups -OCH3 is 1. The number of carbonyl (C=O) groups excluding carboxylic acids is 2. The van der Waals surface area contributed by atoms with E-state index in [4.69, 9.17) is 15.7 Å². The highest BCUT2D eigenvalue weighted by Gasteiger charge is 2.34. The summed E-state index contributed by atoms with van der Waals surface area (Å²) in [4.78, 5) is 26.9. The van der Waals surface area contributed by atoms with E-state index in [1.54, 1.807) is 60.5 Å². The van der Waals surface area contributed by atoms with Crippen molar-refractivity contribution in [1.82, 2.24) is 9.78 Å². The lowest BCUT2D eigenvalue weighted by atomic mass is 10.0. The number of hydrogen-bond donors (Lipinski definition) is 3. The molecular formula is C20H19N5O4. The number of rotatable bonds is 5. The second-order valence-electron chi connectivity index (χ2n) is 6.52. The average Bonchev–Trinajstić information content (AvgIpc) is 3.15. The standard InChI is InChI=1S/C20H19N5O4/c1-29-15-8-6-14(7-9-15)25-18-16(17(22-25)19(21)26)10-11-24(20(18)27)13-4-2-12(23-28)3-5-13/h2-9,23,28H,10-11H2,1H3,(H2,21,26). The van der Waals surface area contributed by atoms with Crippen molar-refractivity contribution in [2.24, 2.45) is 5.73 Å². The van der Waals surface area contributed by atoms with E-state index in [0.29, 0.717) is 47.0 Å². The van der Waals surface area contributed by atoms with Crippen LogP contribution in [0.25, 0.3) is 5.69 Å². The van der Waals surface area contributed by atoms with Crippen LogP contribution in [-0.2, 0) is 6.42 Å². The van der Waals surface area contributed by atoms with E-state index in [0.717, 1.165) is 0 Å². The molecule has 3 aromatic rings. The molecule has 148 valence electrons. The fourth-order valence-electron chi connectivity index (χ4n) is 3.43. The highest BCUT2D eigenvalue weighted by atomic mass is 16.5. The van der Waals surface area contributed by atoms with Crippen molar-refractivity contribution >= 4 is 23.2 Å². The zero-order valence-corrected chi connectivity index (χ0v) is 15.6. The number of carbonyl (C=O) groups is 2. The van der Waals surface area contributed by atoms with E-state index in [2.05, 4.69) is 10.6 Å².